The summed E-state index contributed by atoms with van der Waals surface area (Å²) in [7, 11) is 3.19. The van der Waals surface area contributed by atoms with E-state index < -0.39 is 0 Å². The average molecular weight is 354 g/mol. The predicted octanol–water partition coefficient (Wildman–Crippen LogP) is 4.03. The molecule has 5 heteroatoms. The number of hydrogen-bond acceptors (Lipinski definition) is 5. The van der Waals surface area contributed by atoms with Crippen molar-refractivity contribution in [3.63, 3.8) is 0 Å². The zero-order valence-electron chi connectivity index (χ0n) is 15.4. The molecule has 1 aliphatic heterocycles. The number of Topliss-reactive ketones (excluding diaryl/α,β-unsaturated/α-hetero) is 1. The molecule has 0 radical (unpaired) electrons. The molecule has 0 saturated heterocycles. The van der Waals surface area contributed by atoms with Crippen molar-refractivity contribution < 1.29 is 23.7 Å². The minimum atomic E-state index is -0.0870. The van der Waals surface area contributed by atoms with Crippen LogP contribution in [-0.4, -0.2) is 26.8 Å². The Hall–Kier alpha value is -2.69. The Morgan fingerprint density at radius 2 is 1.65 bits per heavy atom. The number of ketones is 1. The van der Waals surface area contributed by atoms with E-state index in [2.05, 4.69) is 13.0 Å². The van der Waals surface area contributed by atoms with Crippen molar-refractivity contribution in [2.75, 3.05) is 21.0 Å². The van der Waals surface area contributed by atoms with Gasteiger partial charge in [-0.25, -0.2) is 0 Å². The van der Waals surface area contributed by atoms with Crippen LogP contribution in [0.2, 0.25) is 0 Å². The minimum Gasteiger partial charge on any atom is -0.493 e. The van der Waals surface area contributed by atoms with Crippen LogP contribution < -0.4 is 18.9 Å². The highest BCUT2D eigenvalue weighted by molar-refractivity contribution is 6.01. The van der Waals surface area contributed by atoms with Crippen molar-refractivity contribution in [2.24, 2.45) is 11.8 Å². The third kappa shape index (κ3) is 2.42. The number of methoxy groups -OCH3 is 2. The molecule has 0 aromatic heterocycles. The zero-order valence-corrected chi connectivity index (χ0v) is 15.4. The fourth-order valence-electron chi connectivity index (χ4n) is 4.01. The molecule has 0 unspecified atom stereocenters. The zero-order chi connectivity index (χ0) is 18.4. The molecule has 3 atom stereocenters. The smallest absolute Gasteiger partial charge is 0.231 e. The summed E-state index contributed by atoms with van der Waals surface area (Å²) in [6.45, 7) is 4.36. The van der Waals surface area contributed by atoms with E-state index in [1.165, 1.54) is 0 Å². The third-order valence-corrected chi connectivity index (χ3v) is 5.64. The topological polar surface area (TPSA) is 54.0 Å². The maximum absolute atomic E-state index is 12.9. The summed E-state index contributed by atoms with van der Waals surface area (Å²) in [5.41, 5.74) is 2.78. The quantitative estimate of drug-likeness (QED) is 0.833. The van der Waals surface area contributed by atoms with Gasteiger partial charge in [-0.2, -0.15) is 0 Å². The molecular weight excluding hydrogens is 332 g/mol. The molecular formula is C21H22O5. The number of benzene rings is 2. The summed E-state index contributed by atoms with van der Waals surface area (Å²) < 4.78 is 21.9. The van der Waals surface area contributed by atoms with Gasteiger partial charge in [0.1, 0.15) is 0 Å². The number of rotatable bonds is 3. The summed E-state index contributed by atoms with van der Waals surface area (Å²) in [6, 6.07) is 9.75. The molecule has 0 N–H and O–H groups in total. The van der Waals surface area contributed by atoms with Gasteiger partial charge in [0, 0.05) is 17.4 Å². The number of carbonyl (C=O) groups excluding carboxylic acids is 1. The van der Waals surface area contributed by atoms with Crippen molar-refractivity contribution in [3.8, 4) is 23.0 Å². The van der Waals surface area contributed by atoms with Gasteiger partial charge in [-0.05, 0) is 41.3 Å². The van der Waals surface area contributed by atoms with Crippen molar-refractivity contribution >= 4 is 5.78 Å². The first-order valence-electron chi connectivity index (χ1n) is 8.74. The molecule has 136 valence electrons. The van der Waals surface area contributed by atoms with Crippen molar-refractivity contribution in [1.82, 2.24) is 0 Å². The van der Waals surface area contributed by atoms with E-state index >= 15 is 0 Å². The van der Waals surface area contributed by atoms with E-state index in [0.717, 1.165) is 22.6 Å². The normalized spacial score (nSPS) is 23.5. The fraction of sp³-hybridized carbons (Fsp3) is 0.381. The first kappa shape index (κ1) is 16.8. The highest BCUT2D eigenvalue weighted by Crippen LogP contribution is 2.48. The maximum atomic E-state index is 12.9. The van der Waals surface area contributed by atoms with Gasteiger partial charge in [0.25, 0.3) is 0 Å². The molecule has 0 spiro atoms. The molecule has 4 rings (SSSR count). The van der Waals surface area contributed by atoms with Crippen LogP contribution in [-0.2, 0) is 0 Å². The molecule has 0 bridgehead atoms. The van der Waals surface area contributed by atoms with Gasteiger partial charge in [-0.1, -0.05) is 19.9 Å². The number of ether oxygens (including phenoxy) is 4. The van der Waals surface area contributed by atoms with E-state index in [4.69, 9.17) is 18.9 Å². The second-order valence-corrected chi connectivity index (χ2v) is 6.90. The highest BCUT2D eigenvalue weighted by Gasteiger charge is 2.39. The van der Waals surface area contributed by atoms with E-state index in [0.29, 0.717) is 17.1 Å². The number of carbonyl (C=O) groups is 1. The third-order valence-electron chi connectivity index (χ3n) is 5.64. The van der Waals surface area contributed by atoms with Crippen LogP contribution in [0.3, 0.4) is 0 Å². The van der Waals surface area contributed by atoms with E-state index in [1.54, 1.807) is 20.3 Å². The van der Waals surface area contributed by atoms with Gasteiger partial charge in [0.15, 0.2) is 28.8 Å². The molecule has 0 amide bonds. The van der Waals surface area contributed by atoms with Crippen LogP contribution in [0.1, 0.15) is 41.3 Å². The molecule has 2 aromatic carbocycles. The van der Waals surface area contributed by atoms with Crippen LogP contribution in [0.15, 0.2) is 30.3 Å². The Bertz CT molecular complexity index is 873. The summed E-state index contributed by atoms with van der Waals surface area (Å²) in [5.74, 6) is 2.98. The van der Waals surface area contributed by atoms with Crippen LogP contribution in [0.4, 0.5) is 0 Å². The Balaban J connectivity index is 1.90. The predicted molar refractivity (Wildman–Crippen MR) is 96.6 cm³/mol. The van der Waals surface area contributed by atoms with Gasteiger partial charge < -0.3 is 18.9 Å². The lowest BCUT2D eigenvalue weighted by Crippen LogP contribution is -2.32. The molecule has 0 fully saturated rings. The molecule has 26 heavy (non-hydrogen) atoms. The molecule has 2 aromatic rings. The monoisotopic (exact) mass is 354 g/mol. The standard InChI is InChI=1S/C21H22O5/c1-11-12(2)21(22)15-9-18(24-4)17(23-3)8-14(15)20(11)13-5-6-16-19(7-13)26-10-25-16/h5-9,11-12,20H,10H2,1-4H3/t11-,12+,20+/m1/s1. The highest BCUT2D eigenvalue weighted by atomic mass is 16.7. The Labute approximate surface area is 152 Å². The van der Waals surface area contributed by atoms with Gasteiger partial charge in [0.2, 0.25) is 6.79 Å². The summed E-state index contributed by atoms with van der Waals surface area (Å²) in [6.07, 6.45) is 0. The Kier molecular flexibility index (Phi) is 4.02. The summed E-state index contributed by atoms with van der Waals surface area (Å²) in [5, 5.41) is 0. The van der Waals surface area contributed by atoms with Gasteiger partial charge in [-0.15, -0.1) is 0 Å². The van der Waals surface area contributed by atoms with E-state index in [1.807, 2.05) is 25.1 Å². The number of hydrogen-bond donors (Lipinski definition) is 0. The lowest BCUT2D eigenvalue weighted by Gasteiger charge is -2.36. The first-order valence-corrected chi connectivity index (χ1v) is 8.74. The minimum absolute atomic E-state index is 0.0620. The van der Waals surface area contributed by atoms with Crippen LogP contribution in [0.5, 0.6) is 23.0 Å². The molecule has 5 nitrogen and oxygen atoms in total. The summed E-state index contributed by atoms with van der Waals surface area (Å²) >= 11 is 0. The van der Waals surface area contributed by atoms with Crippen molar-refractivity contribution in [1.29, 1.82) is 0 Å². The fourth-order valence-corrected chi connectivity index (χ4v) is 4.01. The first-order chi connectivity index (χ1) is 12.5. The molecule has 0 saturated carbocycles. The van der Waals surface area contributed by atoms with Gasteiger partial charge >= 0.3 is 0 Å². The SMILES string of the molecule is COc1cc2c(cc1OC)[C@H](c1ccc3c(c1)OCO3)[C@H](C)[C@H](C)C2=O. The molecule has 1 heterocycles. The second kappa shape index (κ2) is 6.24. The van der Waals surface area contributed by atoms with Crippen LogP contribution in [0, 0.1) is 11.8 Å². The second-order valence-electron chi connectivity index (χ2n) is 6.90. The van der Waals surface area contributed by atoms with Crippen molar-refractivity contribution in [3.05, 3.63) is 47.0 Å². The number of fused-ring (bicyclic) bond motifs is 2. The Morgan fingerprint density at radius 3 is 2.38 bits per heavy atom. The molecule has 2 aliphatic rings. The maximum Gasteiger partial charge on any atom is 0.231 e. The average Bonchev–Trinajstić information content (AvgIpc) is 3.13. The Morgan fingerprint density at radius 1 is 0.962 bits per heavy atom. The largest absolute Gasteiger partial charge is 0.493 e. The van der Waals surface area contributed by atoms with Crippen LogP contribution >= 0.6 is 0 Å². The lowest BCUT2D eigenvalue weighted by atomic mass is 9.67. The van der Waals surface area contributed by atoms with E-state index in [9.17, 15) is 4.79 Å². The van der Waals surface area contributed by atoms with Gasteiger partial charge in [0.05, 0.1) is 14.2 Å². The van der Waals surface area contributed by atoms with Crippen LogP contribution in [0.25, 0.3) is 0 Å². The van der Waals surface area contributed by atoms with Gasteiger partial charge in [-0.3, -0.25) is 4.79 Å². The van der Waals surface area contributed by atoms with Crippen molar-refractivity contribution in [2.45, 2.75) is 19.8 Å². The molecule has 1 aliphatic carbocycles. The lowest BCUT2D eigenvalue weighted by molar-refractivity contribution is 0.0865. The summed E-state index contributed by atoms with van der Waals surface area (Å²) in [4.78, 5) is 12.9. The van der Waals surface area contributed by atoms with E-state index in [-0.39, 0.29) is 30.3 Å².